The van der Waals surface area contributed by atoms with Gasteiger partial charge >= 0.3 is 0 Å². The average molecular weight is 700 g/mol. The quantitative estimate of drug-likeness (QED) is 0.184. The van der Waals surface area contributed by atoms with Gasteiger partial charge in [0.15, 0.2) is 0 Å². The first-order valence-corrected chi connectivity index (χ1v) is 18.3. The Bertz CT molecular complexity index is 3420. The maximum absolute atomic E-state index is 11.0. The monoisotopic (exact) mass is 699 g/mol. The molecule has 0 amide bonds. The zero-order chi connectivity index (χ0) is 36.6. The van der Waals surface area contributed by atoms with Crippen LogP contribution in [0.15, 0.2) is 176 Å². The molecule has 0 radical (unpaired) electrons. The molecule has 0 saturated heterocycles. The maximum atomic E-state index is 11.0. The molecule has 0 N–H and O–H groups in total. The highest BCUT2D eigenvalue weighted by Crippen LogP contribution is 2.40. The molecule has 0 unspecified atom stereocenters. The van der Waals surface area contributed by atoms with Gasteiger partial charge in [0.25, 0.3) is 0 Å². The summed E-state index contributed by atoms with van der Waals surface area (Å²) in [4.78, 5) is 0. The number of nitriles is 2. The van der Waals surface area contributed by atoms with Crippen molar-refractivity contribution < 1.29 is 0 Å². The molecule has 11 rings (SSSR count). The van der Waals surface area contributed by atoms with Gasteiger partial charge in [-0.05, 0) is 72.3 Å². The molecule has 254 valence electrons. The lowest BCUT2D eigenvalue weighted by atomic mass is 9.98. The third kappa shape index (κ3) is 4.39. The second-order valence-electron chi connectivity index (χ2n) is 13.9. The smallest absolute Gasteiger partial charge is 0.102 e. The lowest BCUT2D eigenvalue weighted by Crippen LogP contribution is -2.01. The Morgan fingerprint density at radius 3 is 1.56 bits per heavy atom. The van der Waals surface area contributed by atoms with E-state index in [0.717, 1.165) is 82.8 Å². The molecule has 3 aromatic heterocycles. The highest BCUT2D eigenvalue weighted by atomic mass is 15.0. The molecule has 0 spiro atoms. The minimum Gasteiger partial charge on any atom is -0.309 e. The highest BCUT2D eigenvalue weighted by Gasteiger charge is 2.21. The van der Waals surface area contributed by atoms with Crippen molar-refractivity contribution in [3.05, 3.63) is 187 Å². The summed E-state index contributed by atoms with van der Waals surface area (Å²) in [5.74, 6) is 0. The molecule has 3 heterocycles. The van der Waals surface area contributed by atoms with Crippen LogP contribution in [0, 0.1) is 22.7 Å². The third-order valence-electron chi connectivity index (χ3n) is 11.1. The van der Waals surface area contributed by atoms with Crippen LogP contribution < -0.4 is 0 Å². The standard InChI is InChI=1S/C50H29N5/c51-30-33-13-10-25-48-50(33)41-18-4-8-23-46(41)54(48)34-14-9-12-32(28-34)36-19-11-24-47(42(36)31-52)55-45-22-7-3-17-39(45)40-27-26-35(29-49(40)55)53-43-20-5-1-15-37(43)38-16-2-6-21-44(38)53/h1-29H. The van der Waals surface area contributed by atoms with Crippen LogP contribution >= 0.6 is 0 Å². The minimum absolute atomic E-state index is 0.596. The lowest BCUT2D eigenvalue weighted by molar-refractivity contribution is 1.15. The van der Waals surface area contributed by atoms with Crippen LogP contribution in [0.5, 0.6) is 0 Å². The first kappa shape index (κ1) is 30.7. The highest BCUT2D eigenvalue weighted by molar-refractivity contribution is 6.13. The van der Waals surface area contributed by atoms with E-state index in [1.807, 2.05) is 36.4 Å². The van der Waals surface area contributed by atoms with Gasteiger partial charge in [0.1, 0.15) is 6.07 Å². The fourth-order valence-corrected chi connectivity index (χ4v) is 8.85. The number of nitrogens with zero attached hydrogens (tertiary/aromatic N) is 5. The number of benzene rings is 8. The summed E-state index contributed by atoms with van der Waals surface area (Å²) in [5.41, 5.74) is 12.2. The van der Waals surface area contributed by atoms with Crippen molar-refractivity contribution in [2.75, 3.05) is 0 Å². The van der Waals surface area contributed by atoms with E-state index in [2.05, 4.69) is 165 Å². The van der Waals surface area contributed by atoms with Crippen LogP contribution in [0.3, 0.4) is 0 Å². The first-order valence-electron chi connectivity index (χ1n) is 18.3. The van der Waals surface area contributed by atoms with Crippen LogP contribution in [0.2, 0.25) is 0 Å². The minimum atomic E-state index is 0.596. The summed E-state index contributed by atoms with van der Waals surface area (Å²) in [5, 5.41) is 27.7. The van der Waals surface area contributed by atoms with Crippen molar-refractivity contribution in [3.8, 4) is 40.3 Å². The number of rotatable bonds is 4. The van der Waals surface area contributed by atoms with E-state index in [0.29, 0.717) is 11.1 Å². The summed E-state index contributed by atoms with van der Waals surface area (Å²) in [6.45, 7) is 0. The number of fused-ring (bicyclic) bond motifs is 9. The largest absolute Gasteiger partial charge is 0.309 e. The lowest BCUT2D eigenvalue weighted by Gasteiger charge is -2.15. The SMILES string of the molecule is N#Cc1c(-c2cccc(-n3c4ccccc4c4c(C#N)cccc43)c2)cccc1-n1c2ccccc2c2ccc(-n3c4ccccc4c4ccccc43)cc21. The summed E-state index contributed by atoms with van der Waals surface area (Å²) in [6.07, 6.45) is 0. The van der Waals surface area contributed by atoms with Crippen LogP contribution in [0.25, 0.3) is 93.6 Å². The van der Waals surface area contributed by atoms with Crippen LogP contribution in [0.4, 0.5) is 0 Å². The molecule has 0 aliphatic heterocycles. The Morgan fingerprint density at radius 2 is 0.891 bits per heavy atom. The van der Waals surface area contributed by atoms with Gasteiger partial charge in [0.2, 0.25) is 0 Å². The van der Waals surface area contributed by atoms with Gasteiger partial charge in [-0.1, -0.05) is 109 Å². The Labute approximate surface area is 316 Å². The molecule has 55 heavy (non-hydrogen) atoms. The summed E-state index contributed by atoms with van der Waals surface area (Å²) >= 11 is 0. The van der Waals surface area contributed by atoms with Crippen molar-refractivity contribution in [1.82, 2.24) is 13.7 Å². The molecule has 0 atom stereocenters. The molecule has 8 aromatic carbocycles. The predicted octanol–water partition coefficient (Wildman–Crippen LogP) is 12.4. The number of para-hydroxylation sites is 4. The van der Waals surface area contributed by atoms with E-state index in [-0.39, 0.29) is 0 Å². The van der Waals surface area contributed by atoms with Gasteiger partial charge in [-0.3, -0.25) is 0 Å². The van der Waals surface area contributed by atoms with Crippen LogP contribution in [-0.2, 0) is 0 Å². The molecular weight excluding hydrogens is 671 g/mol. The Morgan fingerprint density at radius 1 is 0.364 bits per heavy atom. The van der Waals surface area contributed by atoms with Crippen molar-refractivity contribution >= 4 is 65.4 Å². The second-order valence-corrected chi connectivity index (χ2v) is 13.9. The van der Waals surface area contributed by atoms with Crippen molar-refractivity contribution in [3.63, 3.8) is 0 Å². The van der Waals surface area contributed by atoms with Crippen LogP contribution in [-0.4, -0.2) is 13.7 Å². The number of hydrogen-bond donors (Lipinski definition) is 0. The van der Waals surface area contributed by atoms with E-state index in [9.17, 15) is 10.5 Å². The summed E-state index contributed by atoms with van der Waals surface area (Å²) in [6, 6.07) is 65.9. The Hall–Kier alpha value is -7.86. The van der Waals surface area contributed by atoms with Crippen molar-refractivity contribution in [2.45, 2.75) is 0 Å². The molecule has 0 fully saturated rings. The van der Waals surface area contributed by atoms with E-state index < -0.39 is 0 Å². The van der Waals surface area contributed by atoms with Gasteiger partial charge in [-0.15, -0.1) is 0 Å². The number of aromatic nitrogens is 3. The zero-order valence-corrected chi connectivity index (χ0v) is 29.5. The topological polar surface area (TPSA) is 62.4 Å². The first-order chi connectivity index (χ1) is 27.2. The summed E-state index contributed by atoms with van der Waals surface area (Å²) < 4.78 is 6.81. The van der Waals surface area contributed by atoms with E-state index in [1.54, 1.807) is 0 Å². The number of hydrogen-bond acceptors (Lipinski definition) is 2. The molecule has 0 aliphatic rings. The van der Waals surface area contributed by atoms with Gasteiger partial charge in [0, 0.05) is 49.3 Å². The molecule has 0 aliphatic carbocycles. The summed E-state index contributed by atoms with van der Waals surface area (Å²) in [7, 11) is 0. The third-order valence-corrected chi connectivity index (χ3v) is 11.1. The molecule has 5 heteroatoms. The fraction of sp³-hybridized carbons (Fsp3) is 0. The normalized spacial score (nSPS) is 11.6. The van der Waals surface area contributed by atoms with E-state index in [4.69, 9.17) is 0 Å². The maximum Gasteiger partial charge on any atom is 0.102 e. The molecule has 0 saturated carbocycles. The van der Waals surface area contributed by atoms with Gasteiger partial charge in [-0.2, -0.15) is 10.5 Å². The fourth-order valence-electron chi connectivity index (χ4n) is 8.85. The zero-order valence-electron chi connectivity index (χ0n) is 29.5. The molecular formula is C50H29N5. The predicted molar refractivity (Wildman–Crippen MR) is 224 cm³/mol. The van der Waals surface area contributed by atoms with Crippen LogP contribution in [0.1, 0.15) is 11.1 Å². The molecule has 5 nitrogen and oxygen atoms in total. The average Bonchev–Trinajstić information content (AvgIpc) is 3.89. The second kappa shape index (κ2) is 11.8. The molecule has 0 bridgehead atoms. The van der Waals surface area contributed by atoms with Gasteiger partial charge in [0.05, 0.1) is 56.0 Å². The van der Waals surface area contributed by atoms with Crippen molar-refractivity contribution in [1.29, 1.82) is 10.5 Å². The Kier molecular flexibility index (Phi) is 6.61. The van der Waals surface area contributed by atoms with E-state index >= 15 is 0 Å². The van der Waals surface area contributed by atoms with Gasteiger partial charge < -0.3 is 13.7 Å². The van der Waals surface area contributed by atoms with Gasteiger partial charge in [-0.25, -0.2) is 0 Å². The molecule has 11 aromatic rings. The van der Waals surface area contributed by atoms with E-state index in [1.165, 1.54) is 10.8 Å². The Balaban J connectivity index is 1.14. The van der Waals surface area contributed by atoms with Crippen molar-refractivity contribution in [2.24, 2.45) is 0 Å².